The Balaban J connectivity index is 1.75. The number of benzene rings is 2. The van der Waals surface area contributed by atoms with Crippen molar-refractivity contribution in [1.29, 1.82) is 0 Å². The summed E-state index contributed by atoms with van der Waals surface area (Å²) in [6, 6.07) is 18.5. The smallest absolute Gasteiger partial charge is 0.296 e. The molecule has 4 rings (SSSR count). The molecular weight excluding hydrogens is 432 g/mol. The molecule has 1 aromatic heterocycles. The highest BCUT2D eigenvalue weighted by molar-refractivity contribution is 6.46. The number of methoxy groups -OCH3 is 1. The third-order valence-corrected chi connectivity index (χ3v) is 5.52. The van der Waals surface area contributed by atoms with Crippen LogP contribution in [-0.2, 0) is 16.1 Å². The molecule has 1 atom stereocenters. The van der Waals surface area contributed by atoms with Gasteiger partial charge in [-0.25, -0.2) is 0 Å². The van der Waals surface area contributed by atoms with Crippen LogP contribution < -0.4 is 9.47 Å². The highest BCUT2D eigenvalue weighted by Gasteiger charge is 2.46. The predicted octanol–water partition coefficient (Wildman–Crippen LogP) is 4.50. The molecule has 0 radical (unpaired) electrons. The molecule has 3 aromatic rings. The summed E-state index contributed by atoms with van der Waals surface area (Å²) in [5, 5.41) is 11.2. The number of ether oxygens (including phenoxy) is 2. The Bertz CT molecular complexity index is 1200. The fraction of sp³-hybridized carbons (Fsp3) is 0.222. The normalized spacial score (nSPS) is 17.3. The molecule has 1 saturated heterocycles. The van der Waals surface area contributed by atoms with Gasteiger partial charge in [-0.3, -0.25) is 14.6 Å². The molecule has 2 aromatic carbocycles. The highest BCUT2D eigenvalue weighted by Crippen LogP contribution is 2.39. The summed E-state index contributed by atoms with van der Waals surface area (Å²) >= 11 is 0. The van der Waals surface area contributed by atoms with Crippen LogP contribution in [0.5, 0.6) is 11.5 Å². The van der Waals surface area contributed by atoms with Crippen molar-refractivity contribution < 1.29 is 24.2 Å². The van der Waals surface area contributed by atoms with Gasteiger partial charge >= 0.3 is 0 Å². The maximum atomic E-state index is 13.1. The molecule has 7 nitrogen and oxygen atoms in total. The maximum Gasteiger partial charge on any atom is 0.296 e. The molecule has 0 saturated carbocycles. The summed E-state index contributed by atoms with van der Waals surface area (Å²) in [7, 11) is 1.58. The summed E-state index contributed by atoms with van der Waals surface area (Å²) in [5.41, 5.74) is 1.74. The molecule has 1 amide bonds. The van der Waals surface area contributed by atoms with Gasteiger partial charge < -0.3 is 19.5 Å². The number of hydrogen-bond donors (Lipinski definition) is 1. The SMILES string of the molecule is COc1ccc(CN2C(=O)C(=O)/C(=C(\O)c3ccc(OC(C)C)cc3)C2c2ccccn2)cc1. The van der Waals surface area contributed by atoms with Crippen molar-refractivity contribution in [2.45, 2.75) is 32.5 Å². The second-order valence-corrected chi connectivity index (χ2v) is 8.22. The van der Waals surface area contributed by atoms with Gasteiger partial charge in [0.25, 0.3) is 11.7 Å². The van der Waals surface area contributed by atoms with Gasteiger partial charge in [-0.2, -0.15) is 0 Å². The summed E-state index contributed by atoms with van der Waals surface area (Å²) in [4.78, 5) is 32.1. The number of carbonyl (C=O) groups is 2. The largest absolute Gasteiger partial charge is 0.507 e. The number of amides is 1. The molecule has 34 heavy (non-hydrogen) atoms. The van der Waals surface area contributed by atoms with Crippen LogP contribution in [0.25, 0.3) is 5.76 Å². The van der Waals surface area contributed by atoms with Crippen molar-refractivity contribution in [3.05, 3.63) is 95.3 Å². The lowest BCUT2D eigenvalue weighted by molar-refractivity contribution is -0.140. The molecule has 0 spiro atoms. The number of pyridine rings is 1. The molecule has 1 aliphatic rings. The van der Waals surface area contributed by atoms with E-state index in [0.29, 0.717) is 22.8 Å². The van der Waals surface area contributed by atoms with E-state index in [1.165, 1.54) is 4.90 Å². The van der Waals surface area contributed by atoms with Crippen LogP contribution >= 0.6 is 0 Å². The fourth-order valence-electron chi connectivity index (χ4n) is 3.93. The van der Waals surface area contributed by atoms with Gasteiger partial charge in [0, 0.05) is 18.3 Å². The minimum atomic E-state index is -0.824. The quantitative estimate of drug-likeness (QED) is 0.319. The number of aromatic nitrogens is 1. The van der Waals surface area contributed by atoms with Gasteiger partial charge in [0.2, 0.25) is 0 Å². The van der Waals surface area contributed by atoms with E-state index in [-0.39, 0.29) is 24.0 Å². The molecule has 0 aliphatic carbocycles. The second-order valence-electron chi connectivity index (χ2n) is 8.22. The number of aliphatic hydroxyl groups is 1. The van der Waals surface area contributed by atoms with Crippen molar-refractivity contribution in [2.24, 2.45) is 0 Å². The summed E-state index contributed by atoms with van der Waals surface area (Å²) < 4.78 is 10.9. The van der Waals surface area contributed by atoms with E-state index < -0.39 is 17.7 Å². The van der Waals surface area contributed by atoms with Crippen molar-refractivity contribution in [2.75, 3.05) is 7.11 Å². The summed E-state index contributed by atoms with van der Waals surface area (Å²) in [5.74, 6) is -0.343. The van der Waals surface area contributed by atoms with E-state index in [9.17, 15) is 14.7 Å². The molecule has 1 fully saturated rings. The lowest BCUT2D eigenvalue weighted by atomic mass is 9.98. The summed E-state index contributed by atoms with van der Waals surface area (Å²) in [6.45, 7) is 4.02. The van der Waals surface area contributed by atoms with Gasteiger partial charge in [0.1, 0.15) is 23.3 Å². The first-order valence-electron chi connectivity index (χ1n) is 11.0. The fourth-order valence-corrected chi connectivity index (χ4v) is 3.93. The van der Waals surface area contributed by atoms with E-state index in [2.05, 4.69) is 4.98 Å². The summed E-state index contributed by atoms with van der Waals surface area (Å²) in [6.07, 6.45) is 1.60. The Morgan fingerprint density at radius 1 is 1.00 bits per heavy atom. The molecule has 1 aliphatic heterocycles. The average molecular weight is 459 g/mol. The molecule has 7 heteroatoms. The van der Waals surface area contributed by atoms with Crippen molar-refractivity contribution in [3.8, 4) is 11.5 Å². The Labute approximate surface area is 198 Å². The minimum absolute atomic E-state index is 0.00637. The number of hydrogen-bond acceptors (Lipinski definition) is 6. The van der Waals surface area contributed by atoms with Crippen molar-refractivity contribution in [3.63, 3.8) is 0 Å². The van der Waals surface area contributed by atoms with Crippen molar-refractivity contribution >= 4 is 17.4 Å². The standard InChI is InChI=1S/C27H26N2O5/c1-17(2)34-21-13-9-19(10-14-21)25(30)23-24(22-6-4-5-15-28-22)29(27(32)26(23)31)16-18-7-11-20(33-3)12-8-18/h4-15,17,24,30H,16H2,1-3H3/b25-23-. The Morgan fingerprint density at radius 2 is 1.68 bits per heavy atom. The Morgan fingerprint density at radius 3 is 2.26 bits per heavy atom. The zero-order valence-corrected chi connectivity index (χ0v) is 19.3. The van der Waals surface area contributed by atoms with E-state index >= 15 is 0 Å². The van der Waals surface area contributed by atoms with E-state index in [0.717, 1.165) is 5.56 Å². The number of nitrogens with zero attached hydrogens (tertiary/aromatic N) is 2. The molecule has 174 valence electrons. The number of Topliss-reactive ketones (excluding diaryl/α,β-unsaturated/α-hetero) is 1. The highest BCUT2D eigenvalue weighted by atomic mass is 16.5. The first-order valence-corrected chi connectivity index (χ1v) is 11.0. The zero-order valence-electron chi connectivity index (χ0n) is 19.3. The van der Waals surface area contributed by atoms with Crippen molar-refractivity contribution in [1.82, 2.24) is 9.88 Å². The molecule has 1 unspecified atom stereocenters. The Kier molecular flexibility index (Phi) is 6.63. The van der Waals surface area contributed by atoms with Crippen LogP contribution in [0.3, 0.4) is 0 Å². The van der Waals surface area contributed by atoms with Gasteiger partial charge in [-0.15, -0.1) is 0 Å². The topological polar surface area (TPSA) is 89.0 Å². The van der Waals surface area contributed by atoms with E-state index in [4.69, 9.17) is 9.47 Å². The number of ketones is 1. The predicted molar refractivity (Wildman–Crippen MR) is 127 cm³/mol. The van der Waals surface area contributed by atoms with Crippen LogP contribution in [0.2, 0.25) is 0 Å². The molecule has 1 N–H and O–H groups in total. The molecule has 0 bridgehead atoms. The van der Waals surface area contributed by atoms with Crippen LogP contribution in [0, 0.1) is 0 Å². The van der Waals surface area contributed by atoms with Crippen LogP contribution in [-0.4, -0.2) is 39.9 Å². The first-order chi connectivity index (χ1) is 16.4. The zero-order chi connectivity index (χ0) is 24.2. The number of likely N-dealkylation sites (tertiary alicyclic amines) is 1. The van der Waals surface area contributed by atoms with Crippen LogP contribution in [0.4, 0.5) is 0 Å². The van der Waals surface area contributed by atoms with Gasteiger partial charge in [0.15, 0.2) is 0 Å². The second kappa shape index (κ2) is 9.79. The average Bonchev–Trinajstić information content (AvgIpc) is 3.09. The minimum Gasteiger partial charge on any atom is -0.507 e. The first kappa shape index (κ1) is 23.0. The third kappa shape index (κ3) is 4.64. The lowest BCUT2D eigenvalue weighted by Gasteiger charge is -2.24. The monoisotopic (exact) mass is 458 g/mol. The van der Waals surface area contributed by atoms with Crippen LogP contribution in [0.1, 0.15) is 36.7 Å². The number of rotatable bonds is 7. The van der Waals surface area contributed by atoms with Gasteiger partial charge in [0.05, 0.1) is 24.5 Å². The van der Waals surface area contributed by atoms with E-state index in [1.54, 1.807) is 67.9 Å². The number of aliphatic hydroxyl groups excluding tert-OH is 1. The Hall–Kier alpha value is -4.13. The van der Waals surface area contributed by atoms with Crippen LogP contribution in [0.15, 0.2) is 78.5 Å². The number of carbonyl (C=O) groups excluding carboxylic acids is 2. The lowest BCUT2D eigenvalue weighted by Crippen LogP contribution is -2.29. The molecule has 2 heterocycles. The molecular formula is C27H26N2O5. The van der Waals surface area contributed by atoms with Gasteiger partial charge in [-0.1, -0.05) is 18.2 Å². The van der Waals surface area contributed by atoms with E-state index in [1.807, 2.05) is 26.0 Å². The maximum absolute atomic E-state index is 13.1. The third-order valence-electron chi connectivity index (χ3n) is 5.52. The van der Waals surface area contributed by atoms with Gasteiger partial charge in [-0.05, 0) is 67.9 Å².